The molecule has 3 rings (SSSR count). The molecule has 1 atom stereocenters. The van der Waals surface area contributed by atoms with Gasteiger partial charge in [0.15, 0.2) is 5.75 Å². The molecule has 94 valence electrons. The van der Waals surface area contributed by atoms with E-state index in [1.165, 1.54) is 0 Å². The van der Waals surface area contributed by atoms with Crippen LogP contribution in [0, 0.1) is 0 Å². The fourth-order valence-corrected chi connectivity index (χ4v) is 3.10. The maximum atomic E-state index is 12.4. The lowest BCUT2D eigenvalue weighted by atomic mass is 10.0. The van der Waals surface area contributed by atoms with E-state index < -0.39 is 0 Å². The van der Waals surface area contributed by atoms with E-state index in [2.05, 4.69) is 28.7 Å². The number of aryl methyl sites for hydroxylation is 1. The standard InChI is InChI=1S/C14H14INO2/c1-2-16-12-6-4-3-5-10(12)11-7-9(8-15)18-13(11)14(16)17/h3-6,9H,2,7-8H2,1H3. The van der Waals surface area contributed by atoms with Crippen LogP contribution in [0.25, 0.3) is 10.9 Å². The largest absolute Gasteiger partial charge is 0.483 e. The van der Waals surface area contributed by atoms with Crippen LogP contribution in [-0.2, 0) is 13.0 Å². The van der Waals surface area contributed by atoms with Crippen LogP contribution in [0.3, 0.4) is 0 Å². The maximum Gasteiger partial charge on any atom is 0.293 e. The molecule has 0 fully saturated rings. The molecular weight excluding hydrogens is 341 g/mol. The van der Waals surface area contributed by atoms with Gasteiger partial charge in [-0.05, 0) is 13.0 Å². The molecule has 0 radical (unpaired) electrons. The molecule has 0 N–H and O–H groups in total. The first-order chi connectivity index (χ1) is 8.76. The lowest BCUT2D eigenvalue weighted by Gasteiger charge is -2.11. The number of hydrogen-bond donors (Lipinski definition) is 0. The maximum absolute atomic E-state index is 12.4. The van der Waals surface area contributed by atoms with Crippen molar-refractivity contribution in [3.05, 3.63) is 40.2 Å². The third-order valence-electron chi connectivity index (χ3n) is 3.44. The van der Waals surface area contributed by atoms with Crippen LogP contribution in [-0.4, -0.2) is 15.1 Å². The average molecular weight is 355 g/mol. The predicted molar refractivity (Wildman–Crippen MR) is 80.9 cm³/mol. The Hall–Kier alpha value is -1.04. The SMILES string of the molecule is CCn1c(=O)c2c(c3ccccc31)CC(CI)O2. The van der Waals surface area contributed by atoms with Gasteiger partial charge in [0.25, 0.3) is 5.56 Å². The second kappa shape index (κ2) is 4.57. The predicted octanol–water partition coefficient (Wildman–Crippen LogP) is 2.76. The highest BCUT2D eigenvalue weighted by Gasteiger charge is 2.28. The van der Waals surface area contributed by atoms with Crippen LogP contribution in [0.2, 0.25) is 0 Å². The zero-order valence-electron chi connectivity index (χ0n) is 10.1. The highest BCUT2D eigenvalue weighted by Crippen LogP contribution is 2.32. The average Bonchev–Trinajstić information content (AvgIpc) is 2.84. The van der Waals surface area contributed by atoms with Crippen molar-refractivity contribution in [1.82, 2.24) is 4.57 Å². The third kappa shape index (κ3) is 1.66. The van der Waals surface area contributed by atoms with E-state index >= 15 is 0 Å². The van der Waals surface area contributed by atoms with Crippen LogP contribution < -0.4 is 10.3 Å². The molecule has 0 saturated heterocycles. The zero-order chi connectivity index (χ0) is 12.7. The van der Waals surface area contributed by atoms with Gasteiger partial charge in [0.2, 0.25) is 0 Å². The van der Waals surface area contributed by atoms with Crippen molar-refractivity contribution in [2.24, 2.45) is 0 Å². The van der Waals surface area contributed by atoms with Gasteiger partial charge in [0, 0.05) is 28.3 Å². The minimum absolute atomic E-state index is 0.0125. The van der Waals surface area contributed by atoms with Gasteiger partial charge < -0.3 is 9.30 Å². The zero-order valence-corrected chi connectivity index (χ0v) is 12.3. The Balaban J connectivity index is 2.37. The monoisotopic (exact) mass is 355 g/mol. The van der Waals surface area contributed by atoms with E-state index in [4.69, 9.17) is 4.74 Å². The summed E-state index contributed by atoms with van der Waals surface area (Å²) in [4.78, 5) is 12.4. The highest BCUT2D eigenvalue weighted by atomic mass is 127. The quantitative estimate of drug-likeness (QED) is 0.613. The first kappa shape index (κ1) is 12.0. The van der Waals surface area contributed by atoms with Crippen molar-refractivity contribution < 1.29 is 4.74 Å². The number of benzene rings is 1. The molecule has 18 heavy (non-hydrogen) atoms. The summed E-state index contributed by atoms with van der Waals surface area (Å²) < 4.78 is 8.50. The fourth-order valence-electron chi connectivity index (χ4n) is 2.61. The molecule has 2 heterocycles. The van der Waals surface area contributed by atoms with Crippen LogP contribution >= 0.6 is 22.6 Å². The van der Waals surface area contributed by atoms with Crippen LogP contribution in [0.4, 0.5) is 0 Å². The van der Waals surface area contributed by atoms with Crippen molar-refractivity contribution in [2.75, 3.05) is 4.43 Å². The molecule has 1 aromatic carbocycles. The molecule has 2 aromatic rings. The third-order valence-corrected chi connectivity index (χ3v) is 4.42. The fraction of sp³-hybridized carbons (Fsp3) is 0.357. The summed E-state index contributed by atoms with van der Waals surface area (Å²) in [6.07, 6.45) is 0.989. The first-order valence-corrected chi connectivity index (χ1v) is 7.65. The summed E-state index contributed by atoms with van der Waals surface area (Å²) >= 11 is 2.31. The Bertz CT molecular complexity index is 663. The molecule has 4 heteroatoms. The molecule has 1 aliphatic heterocycles. The Morgan fingerprint density at radius 2 is 2.22 bits per heavy atom. The number of para-hydroxylation sites is 1. The number of nitrogens with zero attached hydrogens (tertiary/aromatic N) is 1. The number of fused-ring (bicyclic) bond motifs is 3. The summed E-state index contributed by atoms with van der Waals surface area (Å²) in [6, 6.07) is 8.09. The van der Waals surface area contributed by atoms with Crippen molar-refractivity contribution >= 4 is 33.5 Å². The van der Waals surface area contributed by atoms with Gasteiger partial charge in [-0.15, -0.1) is 0 Å². The van der Waals surface area contributed by atoms with Crippen molar-refractivity contribution in [3.63, 3.8) is 0 Å². The summed E-state index contributed by atoms with van der Waals surface area (Å²) in [5.74, 6) is 0.567. The van der Waals surface area contributed by atoms with Gasteiger partial charge in [0.05, 0.1) is 5.52 Å². The van der Waals surface area contributed by atoms with E-state index in [1.807, 2.05) is 25.1 Å². The number of alkyl halides is 1. The highest BCUT2D eigenvalue weighted by molar-refractivity contribution is 14.1. The summed E-state index contributed by atoms with van der Waals surface area (Å²) in [5, 5.41) is 1.15. The summed E-state index contributed by atoms with van der Waals surface area (Å²) in [7, 11) is 0. The molecule has 0 amide bonds. The summed E-state index contributed by atoms with van der Waals surface area (Å²) in [5.41, 5.74) is 2.11. The molecular formula is C14H14INO2. The molecule has 1 aromatic heterocycles. The van der Waals surface area contributed by atoms with Gasteiger partial charge in [-0.2, -0.15) is 0 Å². The minimum Gasteiger partial charge on any atom is -0.483 e. The Kier molecular flexibility index (Phi) is 3.05. The second-order valence-electron chi connectivity index (χ2n) is 4.47. The topological polar surface area (TPSA) is 31.2 Å². The van der Waals surface area contributed by atoms with Crippen LogP contribution in [0.1, 0.15) is 12.5 Å². The lowest BCUT2D eigenvalue weighted by Crippen LogP contribution is -2.22. The van der Waals surface area contributed by atoms with Crippen molar-refractivity contribution in [3.8, 4) is 5.75 Å². The van der Waals surface area contributed by atoms with E-state index in [9.17, 15) is 4.79 Å². The lowest BCUT2D eigenvalue weighted by molar-refractivity contribution is 0.258. The smallest absolute Gasteiger partial charge is 0.293 e. The minimum atomic E-state index is 0.0125. The number of ether oxygens (including phenoxy) is 1. The molecule has 0 spiro atoms. The van der Waals surface area contributed by atoms with E-state index in [1.54, 1.807) is 4.57 Å². The van der Waals surface area contributed by atoms with Crippen molar-refractivity contribution in [2.45, 2.75) is 26.0 Å². The molecule has 0 aliphatic carbocycles. The van der Waals surface area contributed by atoms with E-state index in [0.29, 0.717) is 12.3 Å². The Morgan fingerprint density at radius 1 is 1.44 bits per heavy atom. The Labute approximate surface area is 119 Å². The number of aromatic nitrogens is 1. The molecule has 0 saturated carbocycles. The molecule has 3 nitrogen and oxygen atoms in total. The summed E-state index contributed by atoms with van der Waals surface area (Å²) in [6.45, 7) is 2.66. The molecule has 1 aliphatic rings. The number of hydrogen-bond acceptors (Lipinski definition) is 2. The van der Waals surface area contributed by atoms with Gasteiger partial charge in [-0.1, -0.05) is 40.8 Å². The van der Waals surface area contributed by atoms with E-state index in [-0.39, 0.29) is 11.7 Å². The van der Waals surface area contributed by atoms with E-state index in [0.717, 1.165) is 27.3 Å². The number of rotatable bonds is 2. The van der Waals surface area contributed by atoms with Gasteiger partial charge >= 0.3 is 0 Å². The number of pyridine rings is 1. The number of halogens is 1. The first-order valence-electron chi connectivity index (χ1n) is 6.13. The van der Waals surface area contributed by atoms with Crippen molar-refractivity contribution in [1.29, 1.82) is 0 Å². The van der Waals surface area contributed by atoms with Crippen LogP contribution in [0.5, 0.6) is 5.75 Å². The second-order valence-corrected chi connectivity index (χ2v) is 5.35. The molecule has 0 bridgehead atoms. The Morgan fingerprint density at radius 3 is 2.94 bits per heavy atom. The van der Waals surface area contributed by atoms with Gasteiger partial charge in [-0.25, -0.2) is 0 Å². The molecule has 1 unspecified atom stereocenters. The normalized spacial score (nSPS) is 17.8. The van der Waals surface area contributed by atoms with Gasteiger partial charge in [-0.3, -0.25) is 4.79 Å². The van der Waals surface area contributed by atoms with Crippen LogP contribution in [0.15, 0.2) is 29.1 Å². The van der Waals surface area contributed by atoms with Gasteiger partial charge in [0.1, 0.15) is 6.10 Å².